The molecule has 0 heterocycles. The molecule has 1 rings (SSSR count). The molecular formula is C15H23NO2. The lowest BCUT2D eigenvalue weighted by Crippen LogP contribution is -2.19. The second kappa shape index (κ2) is 5.91. The summed E-state index contributed by atoms with van der Waals surface area (Å²) in [5.41, 5.74) is 4.66. The van der Waals surface area contributed by atoms with Gasteiger partial charge < -0.3 is 4.74 Å². The molecule has 0 saturated heterocycles. The van der Waals surface area contributed by atoms with Crippen molar-refractivity contribution in [2.24, 2.45) is 11.3 Å². The molecule has 0 amide bonds. The predicted octanol–water partition coefficient (Wildman–Crippen LogP) is 3.34. The summed E-state index contributed by atoms with van der Waals surface area (Å²) in [7, 11) is 3.22. The maximum absolute atomic E-state index is 5.27. The topological polar surface area (TPSA) is 30.5 Å². The number of rotatable bonds is 4. The van der Waals surface area contributed by atoms with Crippen LogP contribution in [0.15, 0.2) is 47.9 Å². The van der Waals surface area contributed by atoms with Gasteiger partial charge in [0.1, 0.15) is 5.76 Å². The number of ether oxygens (including phenoxy) is 1. The first-order chi connectivity index (χ1) is 8.39. The van der Waals surface area contributed by atoms with Crippen LogP contribution in [-0.2, 0) is 9.57 Å². The van der Waals surface area contributed by atoms with E-state index in [4.69, 9.17) is 9.57 Å². The lowest BCUT2D eigenvalue weighted by molar-refractivity contribution is 0.118. The molecule has 0 bridgehead atoms. The van der Waals surface area contributed by atoms with Crippen molar-refractivity contribution >= 4 is 0 Å². The third-order valence-electron chi connectivity index (χ3n) is 2.82. The molecule has 18 heavy (non-hydrogen) atoms. The highest BCUT2D eigenvalue weighted by Gasteiger charge is 2.20. The number of hydrogen-bond donors (Lipinski definition) is 1. The van der Waals surface area contributed by atoms with E-state index >= 15 is 0 Å². The van der Waals surface area contributed by atoms with E-state index < -0.39 is 0 Å². The van der Waals surface area contributed by atoms with Crippen molar-refractivity contribution in [3.05, 3.63) is 47.9 Å². The minimum atomic E-state index is -0.0556. The molecule has 3 nitrogen and oxygen atoms in total. The zero-order chi connectivity index (χ0) is 13.8. The quantitative estimate of drug-likeness (QED) is 0.471. The van der Waals surface area contributed by atoms with E-state index in [9.17, 15) is 0 Å². The molecule has 0 saturated carbocycles. The van der Waals surface area contributed by atoms with Crippen LogP contribution in [0.5, 0.6) is 0 Å². The lowest BCUT2D eigenvalue weighted by Gasteiger charge is -2.24. The summed E-state index contributed by atoms with van der Waals surface area (Å²) in [5.74, 6) is 0.941. The van der Waals surface area contributed by atoms with E-state index in [-0.39, 0.29) is 5.41 Å². The summed E-state index contributed by atoms with van der Waals surface area (Å²) in [6.07, 6.45) is 8.59. The van der Waals surface area contributed by atoms with Crippen LogP contribution in [0.2, 0.25) is 0 Å². The number of hydroxylamine groups is 1. The van der Waals surface area contributed by atoms with E-state index in [2.05, 4.69) is 57.1 Å². The van der Waals surface area contributed by atoms with Gasteiger partial charge in [-0.2, -0.15) is 0 Å². The van der Waals surface area contributed by atoms with E-state index in [0.29, 0.717) is 11.7 Å². The zero-order valence-corrected chi connectivity index (χ0v) is 11.9. The van der Waals surface area contributed by atoms with Crippen LogP contribution in [0.1, 0.15) is 20.8 Å². The van der Waals surface area contributed by atoms with Gasteiger partial charge in [0.2, 0.25) is 0 Å². The summed E-state index contributed by atoms with van der Waals surface area (Å²) in [6.45, 7) is 10.4. The summed E-state index contributed by atoms with van der Waals surface area (Å²) < 4.78 is 5.27. The Labute approximate surface area is 110 Å². The van der Waals surface area contributed by atoms with Crippen LogP contribution in [0.25, 0.3) is 0 Å². The molecule has 0 aromatic rings. The molecule has 100 valence electrons. The van der Waals surface area contributed by atoms with Gasteiger partial charge in [0.15, 0.2) is 0 Å². The number of methoxy groups -OCH3 is 1. The summed E-state index contributed by atoms with van der Waals surface area (Å²) in [6, 6.07) is 0. The average molecular weight is 249 g/mol. The molecule has 0 fully saturated rings. The van der Waals surface area contributed by atoms with Gasteiger partial charge in [-0.25, -0.2) is 0 Å². The molecule has 3 heteroatoms. The Morgan fingerprint density at radius 2 is 2.06 bits per heavy atom. The largest absolute Gasteiger partial charge is 0.497 e. The third kappa shape index (κ3) is 3.77. The molecule has 1 aliphatic rings. The van der Waals surface area contributed by atoms with Crippen LogP contribution in [0.3, 0.4) is 0 Å². The van der Waals surface area contributed by atoms with Crippen molar-refractivity contribution in [2.75, 3.05) is 14.2 Å². The third-order valence-corrected chi connectivity index (χ3v) is 2.82. The molecule has 0 aromatic carbocycles. The van der Waals surface area contributed by atoms with Crippen molar-refractivity contribution < 1.29 is 9.57 Å². The van der Waals surface area contributed by atoms with Crippen molar-refractivity contribution in [3.63, 3.8) is 0 Å². The van der Waals surface area contributed by atoms with Gasteiger partial charge in [-0.05, 0) is 5.92 Å². The summed E-state index contributed by atoms with van der Waals surface area (Å²) >= 11 is 0. The van der Waals surface area contributed by atoms with E-state index in [1.807, 2.05) is 0 Å². The SMILES string of the molecule is C=C(OC)C1=C/C(C)(C)/C=C\C(C)/C=C\1NOC. The van der Waals surface area contributed by atoms with Gasteiger partial charge in [-0.3, -0.25) is 10.3 Å². The lowest BCUT2D eigenvalue weighted by atomic mass is 9.85. The van der Waals surface area contributed by atoms with Gasteiger partial charge in [0.25, 0.3) is 0 Å². The Morgan fingerprint density at radius 1 is 1.39 bits per heavy atom. The molecule has 0 aromatic heterocycles. The second-order valence-corrected chi connectivity index (χ2v) is 5.11. The highest BCUT2D eigenvalue weighted by Crippen LogP contribution is 2.30. The van der Waals surface area contributed by atoms with Crippen molar-refractivity contribution in [2.45, 2.75) is 20.8 Å². The summed E-state index contributed by atoms with van der Waals surface area (Å²) in [4.78, 5) is 5.04. The van der Waals surface area contributed by atoms with Gasteiger partial charge in [0.05, 0.1) is 19.9 Å². The van der Waals surface area contributed by atoms with Gasteiger partial charge in [0, 0.05) is 11.0 Å². The molecule has 1 aliphatic carbocycles. The van der Waals surface area contributed by atoms with Crippen molar-refractivity contribution in [1.82, 2.24) is 5.48 Å². The van der Waals surface area contributed by atoms with Gasteiger partial charge in [-0.15, -0.1) is 0 Å². The average Bonchev–Trinajstić information content (AvgIpc) is 2.31. The zero-order valence-electron chi connectivity index (χ0n) is 11.9. The molecule has 1 N–H and O–H groups in total. The highest BCUT2D eigenvalue weighted by atomic mass is 16.6. The number of nitrogens with one attached hydrogen (secondary N) is 1. The van der Waals surface area contributed by atoms with Crippen LogP contribution < -0.4 is 5.48 Å². The Bertz CT molecular complexity index is 403. The standard InChI is InChI=1S/C15H23NO2/c1-11-7-8-15(3,4)10-13(12(2)17-5)14(9-11)16-18-6/h7-11,16H,2H2,1,3-6H3/b8-7-,13-10-,14-9+. The Balaban J connectivity index is 3.28. The molecular weight excluding hydrogens is 226 g/mol. The predicted molar refractivity (Wildman–Crippen MR) is 74.5 cm³/mol. The van der Waals surface area contributed by atoms with Gasteiger partial charge >= 0.3 is 0 Å². The highest BCUT2D eigenvalue weighted by molar-refractivity contribution is 5.44. The Kier molecular flexibility index (Phi) is 4.79. The molecule has 0 spiro atoms. The fraction of sp³-hybridized carbons (Fsp3) is 0.467. The summed E-state index contributed by atoms with van der Waals surface area (Å²) in [5, 5.41) is 0. The first kappa shape index (κ1) is 14.6. The monoisotopic (exact) mass is 249 g/mol. The normalized spacial score (nSPS) is 29.9. The van der Waals surface area contributed by atoms with Crippen LogP contribution in [0.4, 0.5) is 0 Å². The van der Waals surface area contributed by atoms with Crippen LogP contribution in [0, 0.1) is 11.3 Å². The first-order valence-electron chi connectivity index (χ1n) is 6.06. The fourth-order valence-electron chi connectivity index (χ4n) is 1.85. The maximum atomic E-state index is 5.27. The van der Waals surface area contributed by atoms with Crippen LogP contribution in [-0.4, -0.2) is 14.2 Å². The Morgan fingerprint density at radius 3 is 2.61 bits per heavy atom. The minimum absolute atomic E-state index is 0.0556. The van der Waals surface area contributed by atoms with E-state index in [0.717, 1.165) is 11.3 Å². The molecule has 1 unspecified atom stereocenters. The second-order valence-electron chi connectivity index (χ2n) is 5.11. The minimum Gasteiger partial charge on any atom is -0.497 e. The molecule has 1 atom stereocenters. The smallest absolute Gasteiger partial charge is 0.120 e. The maximum Gasteiger partial charge on any atom is 0.120 e. The number of hydrogen-bond acceptors (Lipinski definition) is 3. The Hall–Kier alpha value is -1.48. The first-order valence-corrected chi connectivity index (χ1v) is 6.06. The molecule has 0 radical (unpaired) electrons. The van der Waals surface area contributed by atoms with E-state index in [1.165, 1.54) is 0 Å². The van der Waals surface area contributed by atoms with Crippen LogP contribution >= 0.6 is 0 Å². The molecule has 0 aliphatic heterocycles. The van der Waals surface area contributed by atoms with Crippen molar-refractivity contribution in [1.29, 1.82) is 0 Å². The van der Waals surface area contributed by atoms with E-state index in [1.54, 1.807) is 14.2 Å². The van der Waals surface area contributed by atoms with Gasteiger partial charge in [-0.1, -0.05) is 51.7 Å². The van der Waals surface area contributed by atoms with Crippen molar-refractivity contribution in [3.8, 4) is 0 Å². The fourth-order valence-corrected chi connectivity index (χ4v) is 1.85. The number of allylic oxidation sites excluding steroid dienone is 4.